The second-order valence-electron chi connectivity index (χ2n) is 4.38. The molecule has 0 aliphatic carbocycles. The molecule has 0 atom stereocenters. The number of halogens is 2. The van der Waals surface area contributed by atoms with Crippen LogP contribution in [0.1, 0.15) is 16.7 Å². The summed E-state index contributed by atoms with van der Waals surface area (Å²) in [6.45, 7) is 4.78. The third-order valence-electron chi connectivity index (χ3n) is 3.01. The van der Waals surface area contributed by atoms with E-state index < -0.39 is 0 Å². The van der Waals surface area contributed by atoms with Gasteiger partial charge < -0.3 is 5.32 Å². The molecule has 0 aliphatic heterocycles. The summed E-state index contributed by atoms with van der Waals surface area (Å²) >= 11 is 3.30. The zero-order valence-corrected chi connectivity index (χ0v) is 12.0. The van der Waals surface area contributed by atoms with Crippen molar-refractivity contribution in [1.82, 2.24) is 0 Å². The second kappa shape index (κ2) is 5.53. The molecule has 2 rings (SSSR count). The molecule has 0 radical (unpaired) electrons. The monoisotopic (exact) mass is 307 g/mol. The topological polar surface area (TPSA) is 12.0 Å². The first kappa shape index (κ1) is 13.1. The lowest BCUT2D eigenvalue weighted by molar-refractivity contribution is 0.625. The molecule has 0 fully saturated rings. The van der Waals surface area contributed by atoms with Gasteiger partial charge in [0.05, 0.1) is 0 Å². The van der Waals surface area contributed by atoms with Crippen LogP contribution in [0.15, 0.2) is 40.9 Å². The van der Waals surface area contributed by atoms with Gasteiger partial charge in [-0.15, -0.1) is 0 Å². The summed E-state index contributed by atoms with van der Waals surface area (Å²) in [5, 5.41) is 3.34. The van der Waals surface area contributed by atoms with E-state index in [0.29, 0.717) is 6.54 Å². The molecular formula is C15H15BrFN. The van der Waals surface area contributed by atoms with Gasteiger partial charge in [0.25, 0.3) is 0 Å². The van der Waals surface area contributed by atoms with Crippen molar-refractivity contribution in [2.75, 3.05) is 5.32 Å². The van der Waals surface area contributed by atoms with Crippen LogP contribution < -0.4 is 5.32 Å². The number of nitrogens with one attached hydrogen (secondary N) is 1. The number of aryl methyl sites for hydroxylation is 1. The van der Waals surface area contributed by atoms with E-state index >= 15 is 0 Å². The number of rotatable bonds is 3. The Morgan fingerprint density at radius 3 is 2.67 bits per heavy atom. The predicted molar refractivity (Wildman–Crippen MR) is 77.3 cm³/mol. The lowest BCUT2D eigenvalue weighted by atomic mass is 10.1. The summed E-state index contributed by atoms with van der Waals surface area (Å²) in [6, 6.07) is 11.1. The minimum Gasteiger partial charge on any atom is -0.381 e. The van der Waals surface area contributed by atoms with Crippen LogP contribution in [0.4, 0.5) is 10.1 Å². The van der Waals surface area contributed by atoms with E-state index in [-0.39, 0.29) is 5.82 Å². The average Bonchev–Trinajstić information content (AvgIpc) is 2.30. The fourth-order valence-electron chi connectivity index (χ4n) is 1.85. The van der Waals surface area contributed by atoms with Crippen molar-refractivity contribution in [3.8, 4) is 0 Å². The fourth-order valence-corrected chi connectivity index (χ4v) is 2.37. The summed E-state index contributed by atoms with van der Waals surface area (Å²) in [4.78, 5) is 0. The van der Waals surface area contributed by atoms with Gasteiger partial charge in [0.2, 0.25) is 0 Å². The van der Waals surface area contributed by atoms with Crippen LogP contribution in [-0.4, -0.2) is 0 Å². The van der Waals surface area contributed by atoms with Crippen LogP contribution in [0.25, 0.3) is 0 Å². The van der Waals surface area contributed by atoms with E-state index in [1.54, 1.807) is 6.07 Å². The normalized spacial score (nSPS) is 10.4. The van der Waals surface area contributed by atoms with E-state index in [9.17, 15) is 4.39 Å². The van der Waals surface area contributed by atoms with Gasteiger partial charge in [0.1, 0.15) is 5.82 Å². The molecule has 0 heterocycles. The summed E-state index contributed by atoms with van der Waals surface area (Å²) in [6.07, 6.45) is 0. The third-order valence-corrected chi connectivity index (χ3v) is 3.47. The smallest absolute Gasteiger partial charge is 0.124 e. The molecule has 2 aromatic carbocycles. The predicted octanol–water partition coefficient (Wildman–Crippen LogP) is 4.82. The van der Waals surface area contributed by atoms with Crippen molar-refractivity contribution in [3.05, 3.63) is 63.4 Å². The van der Waals surface area contributed by atoms with Crippen molar-refractivity contribution >= 4 is 21.6 Å². The first-order valence-electron chi connectivity index (χ1n) is 5.81. The third kappa shape index (κ3) is 3.10. The summed E-state index contributed by atoms with van der Waals surface area (Å²) in [7, 11) is 0. The summed E-state index contributed by atoms with van der Waals surface area (Å²) in [5.41, 5.74) is 4.49. The van der Waals surface area contributed by atoms with Gasteiger partial charge in [-0.05, 0) is 54.8 Å². The molecule has 2 aromatic rings. The zero-order chi connectivity index (χ0) is 13.1. The summed E-state index contributed by atoms with van der Waals surface area (Å²) in [5.74, 6) is -0.220. The van der Waals surface area contributed by atoms with Gasteiger partial charge >= 0.3 is 0 Å². The molecule has 0 saturated carbocycles. The van der Waals surface area contributed by atoms with Crippen molar-refractivity contribution in [3.63, 3.8) is 0 Å². The van der Waals surface area contributed by atoms with Crippen molar-refractivity contribution < 1.29 is 4.39 Å². The Labute approximate surface area is 115 Å². The highest BCUT2D eigenvalue weighted by molar-refractivity contribution is 9.10. The lowest BCUT2D eigenvalue weighted by Gasteiger charge is -2.11. The number of hydrogen-bond donors (Lipinski definition) is 1. The van der Waals surface area contributed by atoms with Gasteiger partial charge in [-0.25, -0.2) is 4.39 Å². The molecule has 0 amide bonds. The Balaban J connectivity index is 2.14. The molecule has 0 unspecified atom stereocenters. The highest BCUT2D eigenvalue weighted by atomic mass is 79.9. The molecule has 0 bridgehead atoms. The maximum absolute atomic E-state index is 13.2. The first-order chi connectivity index (χ1) is 8.56. The van der Waals surface area contributed by atoms with Gasteiger partial charge in [-0.1, -0.05) is 28.1 Å². The Hall–Kier alpha value is -1.35. The lowest BCUT2D eigenvalue weighted by Crippen LogP contribution is -2.02. The van der Waals surface area contributed by atoms with Crippen molar-refractivity contribution in [2.24, 2.45) is 0 Å². The molecule has 0 spiro atoms. The molecule has 94 valence electrons. The minimum absolute atomic E-state index is 0.220. The number of anilines is 1. The zero-order valence-electron chi connectivity index (χ0n) is 10.4. The maximum Gasteiger partial charge on any atom is 0.124 e. The van der Waals surface area contributed by atoms with Crippen LogP contribution in [0, 0.1) is 19.7 Å². The van der Waals surface area contributed by atoms with E-state index in [2.05, 4.69) is 41.2 Å². The molecule has 0 aromatic heterocycles. The second-order valence-corrected chi connectivity index (χ2v) is 5.29. The quantitative estimate of drug-likeness (QED) is 0.857. The molecule has 18 heavy (non-hydrogen) atoms. The number of hydrogen-bond acceptors (Lipinski definition) is 1. The minimum atomic E-state index is -0.220. The first-order valence-corrected chi connectivity index (χ1v) is 6.60. The summed E-state index contributed by atoms with van der Waals surface area (Å²) < 4.78 is 14.0. The van der Waals surface area contributed by atoms with E-state index in [1.165, 1.54) is 17.2 Å². The van der Waals surface area contributed by atoms with Gasteiger partial charge in [0, 0.05) is 16.7 Å². The van der Waals surface area contributed by atoms with Crippen LogP contribution in [0.3, 0.4) is 0 Å². The van der Waals surface area contributed by atoms with Crippen LogP contribution in [0.2, 0.25) is 0 Å². The van der Waals surface area contributed by atoms with E-state index in [0.717, 1.165) is 15.7 Å². The van der Waals surface area contributed by atoms with Crippen molar-refractivity contribution in [2.45, 2.75) is 20.4 Å². The molecular weight excluding hydrogens is 293 g/mol. The highest BCUT2D eigenvalue weighted by Crippen LogP contribution is 2.20. The van der Waals surface area contributed by atoms with Gasteiger partial charge in [-0.2, -0.15) is 0 Å². The van der Waals surface area contributed by atoms with Crippen LogP contribution >= 0.6 is 15.9 Å². The SMILES string of the molecule is Cc1cccc(NCc2cc(F)cc(Br)c2)c1C. The maximum atomic E-state index is 13.2. The molecule has 1 N–H and O–H groups in total. The van der Waals surface area contributed by atoms with Gasteiger partial charge in [0.15, 0.2) is 0 Å². The van der Waals surface area contributed by atoms with E-state index in [4.69, 9.17) is 0 Å². The largest absolute Gasteiger partial charge is 0.381 e. The molecule has 1 nitrogen and oxygen atoms in total. The molecule has 0 saturated heterocycles. The highest BCUT2D eigenvalue weighted by Gasteiger charge is 2.02. The Bertz CT molecular complexity index is 546. The fraction of sp³-hybridized carbons (Fsp3) is 0.200. The van der Waals surface area contributed by atoms with Crippen LogP contribution in [-0.2, 0) is 6.54 Å². The van der Waals surface area contributed by atoms with Gasteiger partial charge in [-0.3, -0.25) is 0 Å². The van der Waals surface area contributed by atoms with Crippen LogP contribution in [0.5, 0.6) is 0 Å². The average molecular weight is 308 g/mol. The van der Waals surface area contributed by atoms with Crippen molar-refractivity contribution in [1.29, 1.82) is 0 Å². The number of benzene rings is 2. The Morgan fingerprint density at radius 1 is 1.17 bits per heavy atom. The Morgan fingerprint density at radius 2 is 1.94 bits per heavy atom. The van der Waals surface area contributed by atoms with E-state index in [1.807, 2.05) is 18.2 Å². The Kier molecular flexibility index (Phi) is 4.02. The standard InChI is InChI=1S/C15H15BrFN/c1-10-4-3-5-15(11(10)2)18-9-12-6-13(16)8-14(17)7-12/h3-8,18H,9H2,1-2H3. The molecule has 3 heteroatoms. The molecule has 0 aliphatic rings.